The molecule has 1 unspecified atom stereocenters. The molecule has 0 aliphatic rings. The maximum Gasteiger partial charge on any atom is 0.128 e. The summed E-state index contributed by atoms with van der Waals surface area (Å²) in [6.45, 7) is 2.49. The van der Waals surface area contributed by atoms with Crippen molar-refractivity contribution >= 4 is 11.3 Å². The first-order valence-electron chi connectivity index (χ1n) is 5.80. The van der Waals surface area contributed by atoms with Gasteiger partial charge in [-0.15, -0.1) is 11.3 Å². The van der Waals surface area contributed by atoms with Crippen molar-refractivity contribution in [2.75, 3.05) is 7.11 Å². The van der Waals surface area contributed by atoms with Gasteiger partial charge in [-0.1, -0.05) is 12.1 Å². The van der Waals surface area contributed by atoms with Crippen LogP contribution < -0.4 is 15.2 Å². The third-order valence-corrected chi connectivity index (χ3v) is 3.50. The van der Waals surface area contributed by atoms with Crippen molar-refractivity contribution in [1.82, 2.24) is 0 Å². The van der Waals surface area contributed by atoms with Crippen molar-refractivity contribution in [2.24, 2.45) is 5.73 Å². The lowest BCUT2D eigenvalue weighted by Gasteiger charge is -2.16. The van der Waals surface area contributed by atoms with Crippen LogP contribution in [0.2, 0.25) is 0 Å². The van der Waals surface area contributed by atoms with Gasteiger partial charge in [0.05, 0.1) is 12.7 Å². The van der Waals surface area contributed by atoms with Crippen LogP contribution in [-0.2, 0) is 6.61 Å². The van der Waals surface area contributed by atoms with Crippen LogP contribution >= 0.6 is 11.3 Å². The first-order valence-corrected chi connectivity index (χ1v) is 6.68. The van der Waals surface area contributed by atoms with Crippen molar-refractivity contribution < 1.29 is 9.47 Å². The molecular weight excluding hydrogens is 246 g/mol. The summed E-state index contributed by atoms with van der Waals surface area (Å²) >= 11 is 1.68. The van der Waals surface area contributed by atoms with Gasteiger partial charge >= 0.3 is 0 Å². The van der Waals surface area contributed by atoms with Crippen LogP contribution in [0.3, 0.4) is 0 Å². The van der Waals surface area contributed by atoms with E-state index in [0.29, 0.717) is 6.61 Å². The molecule has 0 amide bonds. The fourth-order valence-corrected chi connectivity index (χ4v) is 2.44. The minimum Gasteiger partial charge on any atom is -0.496 e. The van der Waals surface area contributed by atoms with Gasteiger partial charge in [0.1, 0.15) is 18.1 Å². The topological polar surface area (TPSA) is 44.5 Å². The Labute approximate surface area is 111 Å². The van der Waals surface area contributed by atoms with Gasteiger partial charge in [0.15, 0.2) is 0 Å². The molecule has 2 N–H and O–H groups in total. The van der Waals surface area contributed by atoms with Crippen LogP contribution in [0.4, 0.5) is 0 Å². The molecule has 0 fully saturated rings. The Morgan fingerprint density at radius 2 is 2.00 bits per heavy atom. The molecule has 1 atom stereocenters. The Bertz CT molecular complexity index is 495. The maximum absolute atomic E-state index is 5.98. The van der Waals surface area contributed by atoms with Crippen LogP contribution in [0.15, 0.2) is 35.7 Å². The number of ether oxygens (including phenoxy) is 2. The van der Waals surface area contributed by atoms with Crippen molar-refractivity contribution in [2.45, 2.75) is 19.6 Å². The molecule has 3 nitrogen and oxygen atoms in total. The van der Waals surface area contributed by atoms with E-state index in [1.54, 1.807) is 18.4 Å². The Kier molecular flexibility index (Phi) is 4.23. The average Bonchev–Trinajstić information content (AvgIpc) is 2.88. The molecule has 1 aromatic carbocycles. The van der Waals surface area contributed by atoms with E-state index >= 15 is 0 Å². The van der Waals surface area contributed by atoms with E-state index in [4.69, 9.17) is 15.2 Å². The molecule has 0 saturated carbocycles. The zero-order valence-electron chi connectivity index (χ0n) is 10.6. The molecule has 0 radical (unpaired) electrons. The molecule has 0 bridgehead atoms. The van der Waals surface area contributed by atoms with Crippen LogP contribution in [0.5, 0.6) is 11.5 Å². The smallest absolute Gasteiger partial charge is 0.128 e. The number of benzene rings is 1. The summed E-state index contributed by atoms with van der Waals surface area (Å²) in [4.78, 5) is 1.19. The fourth-order valence-electron chi connectivity index (χ4n) is 1.82. The van der Waals surface area contributed by atoms with Crippen molar-refractivity contribution in [3.05, 3.63) is 46.2 Å². The first-order chi connectivity index (χ1) is 8.72. The van der Waals surface area contributed by atoms with Gasteiger partial charge < -0.3 is 15.2 Å². The van der Waals surface area contributed by atoms with Crippen LogP contribution in [-0.4, -0.2) is 7.11 Å². The second-order valence-corrected chi connectivity index (χ2v) is 5.06. The van der Waals surface area contributed by atoms with E-state index in [0.717, 1.165) is 17.1 Å². The first kappa shape index (κ1) is 12.9. The second-order valence-electron chi connectivity index (χ2n) is 4.03. The Hall–Kier alpha value is -1.52. The normalized spacial score (nSPS) is 12.2. The van der Waals surface area contributed by atoms with Crippen LogP contribution in [0, 0.1) is 0 Å². The number of thiophene rings is 1. The summed E-state index contributed by atoms with van der Waals surface area (Å²) in [7, 11) is 1.64. The van der Waals surface area contributed by atoms with Gasteiger partial charge in [-0.25, -0.2) is 0 Å². The molecule has 1 heterocycles. The standard InChI is InChI=1S/C14H17NO2S/c1-10(15)14-12(16-2)6-3-7-13(14)17-9-11-5-4-8-18-11/h3-8,10H,9,15H2,1-2H3. The SMILES string of the molecule is COc1cccc(OCc2cccs2)c1C(C)N. The molecule has 4 heteroatoms. The summed E-state index contributed by atoms with van der Waals surface area (Å²) in [5.74, 6) is 1.56. The van der Waals surface area contributed by atoms with E-state index in [9.17, 15) is 0 Å². The van der Waals surface area contributed by atoms with Gasteiger partial charge in [0.2, 0.25) is 0 Å². The number of methoxy groups -OCH3 is 1. The number of rotatable bonds is 5. The zero-order chi connectivity index (χ0) is 13.0. The molecule has 0 aliphatic heterocycles. The molecule has 0 saturated heterocycles. The summed E-state index contributed by atoms with van der Waals surface area (Å²) in [5, 5.41) is 2.04. The Morgan fingerprint density at radius 1 is 1.22 bits per heavy atom. The highest BCUT2D eigenvalue weighted by Gasteiger charge is 2.14. The molecule has 2 rings (SSSR count). The van der Waals surface area contributed by atoms with Crippen molar-refractivity contribution in [1.29, 1.82) is 0 Å². The lowest BCUT2D eigenvalue weighted by molar-refractivity contribution is 0.301. The summed E-state index contributed by atoms with van der Waals surface area (Å²) < 4.78 is 11.2. The summed E-state index contributed by atoms with van der Waals surface area (Å²) in [5.41, 5.74) is 6.90. The molecule has 96 valence electrons. The van der Waals surface area contributed by atoms with Crippen LogP contribution in [0.1, 0.15) is 23.4 Å². The van der Waals surface area contributed by atoms with E-state index in [1.807, 2.05) is 36.6 Å². The molecule has 2 aromatic rings. The van der Waals surface area contributed by atoms with E-state index < -0.39 is 0 Å². The number of hydrogen-bond acceptors (Lipinski definition) is 4. The van der Waals surface area contributed by atoms with Crippen molar-refractivity contribution in [3.8, 4) is 11.5 Å². The monoisotopic (exact) mass is 263 g/mol. The maximum atomic E-state index is 5.98. The van der Waals surface area contributed by atoms with Gasteiger partial charge in [-0.05, 0) is 30.5 Å². The molecule has 18 heavy (non-hydrogen) atoms. The highest BCUT2D eigenvalue weighted by atomic mass is 32.1. The second kappa shape index (κ2) is 5.89. The van der Waals surface area contributed by atoms with Gasteiger partial charge in [-0.2, -0.15) is 0 Å². The molecular formula is C14H17NO2S. The lowest BCUT2D eigenvalue weighted by atomic mass is 10.1. The number of hydrogen-bond donors (Lipinski definition) is 1. The van der Waals surface area contributed by atoms with E-state index in [-0.39, 0.29) is 6.04 Å². The zero-order valence-corrected chi connectivity index (χ0v) is 11.4. The van der Waals surface area contributed by atoms with Gasteiger partial charge in [-0.3, -0.25) is 0 Å². The van der Waals surface area contributed by atoms with Crippen molar-refractivity contribution in [3.63, 3.8) is 0 Å². The fraction of sp³-hybridized carbons (Fsp3) is 0.286. The highest BCUT2D eigenvalue weighted by Crippen LogP contribution is 2.33. The molecule has 0 aliphatic carbocycles. The van der Waals surface area contributed by atoms with E-state index in [1.165, 1.54) is 4.88 Å². The third-order valence-electron chi connectivity index (χ3n) is 2.65. The minimum atomic E-state index is -0.125. The summed E-state index contributed by atoms with van der Waals surface area (Å²) in [6, 6.07) is 9.68. The Morgan fingerprint density at radius 3 is 2.61 bits per heavy atom. The average molecular weight is 263 g/mol. The third kappa shape index (κ3) is 2.83. The van der Waals surface area contributed by atoms with E-state index in [2.05, 4.69) is 6.07 Å². The lowest BCUT2D eigenvalue weighted by Crippen LogP contribution is -2.09. The summed E-state index contributed by atoms with van der Waals surface area (Å²) in [6.07, 6.45) is 0. The molecule has 1 aromatic heterocycles. The highest BCUT2D eigenvalue weighted by molar-refractivity contribution is 7.09. The van der Waals surface area contributed by atoms with Crippen LogP contribution in [0.25, 0.3) is 0 Å². The Balaban J connectivity index is 2.21. The molecule has 0 spiro atoms. The number of nitrogens with two attached hydrogens (primary N) is 1. The quantitative estimate of drug-likeness (QED) is 0.899. The largest absolute Gasteiger partial charge is 0.496 e. The van der Waals surface area contributed by atoms with Gasteiger partial charge in [0.25, 0.3) is 0 Å². The predicted molar refractivity (Wildman–Crippen MR) is 74.2 cm³/mol. The predicted octanol–water partition coefficient (Wildman–Crippen LogP) is 3.36. The minimum absolute atomic E-state index is 0.125. The van der Waals surface area contributed by atoms with Gasteiger partial charge in [0, 0.05) is 10.9 Å².